The van der Waals surface area contributed by atoms with Gasteiger partial charge in [-0.05, 0) is 0 Å². The molecule has 9 heavy (non-hydrogen) atoms. The normalized spacial score (nSPS) is 34.2. The zero-order chi connectivity index (χ0) is 6.85. The molecule has 1 heterocycles. The van der Waals surface area contributed by atoms with Gasteiger partial charge in [0, 0.05) is 6.21 Å². The van der Waals surface area contributed by atoms with Gasteiger partial charge < -0.3 is 10.4 Å². The van der Waals surface area contributed by atoms with Crippen LogP contribution >= 0.6 is 15.9 Å². The maximum Gasteiger partial charge on any atom is 0.242 e. The van der Waals surface area contributed by atoms with E-state index in [1.54, 1.807) is 0 Å². The van der Waals surface area contributed by atoms with Crippen LogP contribution < -0.4 is 5.32 Å². The predicted octanol–water partition coefficient (Wildman–Crippen LogP) is -0.774. The van der Waals surface area contributed by atoms with E-state index < -0.39 is 11.2 Å². The van der Waals surface area contributed by atoms with E-state index >= 15 is 0 Å². The topological polar surface area (TPSA) is 61.7 Å². The summed E-state index contributed by atoms with van der Waals surface area (Å²) in [6.07, 6.45) is 0.287. The summed E-state index contributed by atoms with van der Waals surface area (Å²) in [6.45, 7) is 0. The second-order valence-electron chi connectivity index (χ2n) is 1.58. The third kappa shape index (κ3) is 1.49. The van der Waals surface area contributed by atoms with E-state index in [0.29, 0.717) is 0 Å². The minimum Gasteiger partial charge on any atom is -0.355 e. The summed E-state index contributed by atoms with van der Waals surface area (Å²) in [5, 5.41) is 10.8. The Hall–Kier alpha value is -0.420. The Kier molecular flexibility index (Phi) is 1.82. The van der Waals surface area contributed by atoms with Gasteiger partial charge in [0.05, 0.1) is 0 Å². The molecule has 0 aliphatic carbocycles. The Balaban J connectivity index is 2.65. The lowest BCUT2D eigenvalue weighted by atomic mass is 10.4. The predicted molar refractivity (Wildman–Crippen MR) is 35.4 cm³/mol. The summed E-state index contributed by atoms with van der Waals surface area (Å²) in [5.74, 6) is -0.266. The van der Waals surface area contributed by atoms with Crippen LogP contribution in [0.1, 0.15) is 0 Å². The zero-order valence-electron chi connectivity index (χ0n) is 4.41. The van der Waals surface area contributed by atoms with Crippen LogP contribution in [0.5, 0.6) is 0 Å². The third-order valence-corrected chi connectivity index (χ3v) is 1.53. The molecule has 0 saturated heterocycles. The summed E-state index contributed by atoms with van der Waals surface area (Å²) in [4.78, 5) is 13.7. The number of carbonyl (C=O) groups is 1. The number of halogens is 1. The van der Waals surface area contributed by atoms with Gasteiger partial charge in [0.1, 0.15) is 4.83 Å². The van der Waals surface area contributed by atoms with Crippen LogP contribution in [0.3, 0.4) is 0 Å². The zero-order valence-corrected chi connectivity index (χ0v) is 6.00. The van der Waals surface area contributed by atoms with E-state index in [9.17, 15) is 4.79 Å². The highest BCUT2D eigenvalue weighted by molar-refractivity contribution is 9.10. The first-order valence-electron chi connectivity index (χ1n) is 2.36. The standard InChI is InChI=1S/C4H5BrN2O2/c5-2-1-6-4(9)7-3(2)8/h1-2,4,9H,(H,7,8). The number of aliphatic hydroxyl groups excluding tert-OH is 1. The molecule has 2 atom stereocenters. The fourth-order valence-electron chi connectivity index (χ4n) is 0.469. The molecule has 1 rings (SSSR count). The number of aliphatic hydroxyl groups is 1. The Morgan fingerprint density at radius 1 is 1.89 bits per heavy atom. The average Bonchev–Trinajstić information content (AvgIpc) is 1.80. The molecule has 0 fully saturated rings. The number of carbonyl (C=O) groups excluding carboxylic acids is 1. The molecule has 4 nitrogen and oxygen atoms in total. The first-order chi connectivity index (χ1) is 4.20. The van der Waals surface area contributed by atoms with Crippen molar-refractivity contribution >= 4 is 28.1 Å². The first kappa shape index (κ1) is 6.70. The van der Waals surface area contributed by atoms with Gasteiger partial charge in [0.25, 0.3) is 0 Å². The second-order valence-corrected chi connectivity index (χ2v) is 2.57. The molecule has 0 aromatic carbocycles. The molecule has 0 spiro atoms. The third-order valence-electron chi connectivity index (χ3n) is 0.880. The van der Waals surface area contributed by atoms with Crippen LogP contribution in [0.15, 0.2) is 4.99 Å². The fourth-order valence-corrected chi connectivity index (χ4v) is 0.738. The molecule has 0 aromatic rings. The molecule has 1 amide bonds. The van der Waals surface area contributed by atoms with Gasteiger partial charge in [-0.15, -0.1) is 0 Å². The Bertz CT molecular complexity index is 159. The lowest BCUT2D eigenvalue weighted by Crippen LogP contribution is -2.42. The monoisotopic (exact) mass is 192 g/mol. The number of nitrogens with one attached hydrogen (secondary N) is 1. The van der Waals surface area contributed by atoms with Gasteiger partial charge in [0.2, 0.25) is 12.3 Å². The number of hydrogen-bond donors (Lipinski definition) is 2. The SMILES string of the molecule is O=C1NC(O)N=CC1Br. The van der Waals surface area contributed by atoms with Crippen LogP contribution in [-0.4, -0.2) is 28.4 Å². The van der Waals surface area contributed by atoms with Crippen molar-refractivity contribution in [2.24, 2.45) is 4.99 Å². The highest BCUT2D eigenvalue weighted by atomic mass is 79.9. The fraction of sp³-hybridized carbons (Fsp3) is 0.500. The Morgan fingerprint density at radius 3 is 3.00 bits per heavy atom. The molecule has 0 aromatic heterocycles. The number of alkyl halides is 1. The Labute approximate surface area is 60.1 Å². The quantitative estimate of drug-likeness (QED) is 0.496. The van der Waals surface area contributed by atoms with E-state index in [-0.39, 0.29) is 5.91 Å². The molecule has 0 bridgehead atoms. The first-order valence-corrected chi connectivity index (χ1v) is 3.27. The maximum absolute atomic E-state index is 10.6. The minimum atomic E-state index is -1.06. The van der Waals surface area contributed by atoms with E-state index in [1.165, 1.54) is 6.21 Å². The van der Waals surface area contributed by atoms with Crippen molar-refractivity contribution in [2.75, 3.05) is 0 Å². The van der Waals surface area contributed by atoms with Crippen molar-refractivity contribution in [3.8, 4) is 0 Å². The molecule has 0 saturated carbocycles. The van der Waals surface area contributed by atoms with Crippen LogP contribution in [0.25, 0.3) is 0 Å². The van der Waals surface area contributed by atoms with Crippen molar-refractivity contribution in [1.82, 2.24) is 5.32 Å². The molecule has 1 aliphatic rings. The van der Waals surface area contributed by atoms with E-state index in [1.807, 2.05) is 0 Å². The average molecular weight is 193 g/mol. The van der Waals surface area contributed by atoms with Gasteiger partial charge in [-0.25, -0.2) is 4.99 Å². The largest absolute Gasteiger partial charge is 0.355 e. The molecular weight excluding hydrogens is 188 g/mol. The lowest BCUT2D eigenvalue weighted by molar-refractivity contribution is -0.122. The van der Waals surface area contributed by atoms with Crippen molar-refractivity contribution < 1.29 is 9.90 Å². The molecule has 1 aliphatic heterocycles. The molecule has 0 radical (unpaired) electrons. The van der Waals surface area contributed by atoms with Gasteiger partial charge in [-0.1, -0.05) is 15.9 Å². The summed E-state index contributed by atoms with van der Waals surface area (Å²) in [5.41, 5.74) is 0. The summed E-state index contributed by atoms with van der Waals surface area (Å²) < 4.78 is 0. The molecule has 5 heteroatoms. The van der Waals surface area contributed by atoms with E-state index in [0.717, 1.165) is 0 Å². The summed E-state index contributed by atoms with van der Waals surface area (Å²) in [7, 11) is 0. The van der Waals surface area contributed by atoms with E-state index in [4.69, 9.17) is 5.11 Å². The lowest BCUT2D eigenvalue weighted by Gasteiger charge is -2.14. The van der Waals surface area contributed by atoms with Crippen LogP contribution in [0.4, 0.5) is 0 Å². The summed E-state index contributed by atoms with van der Waals surface area (Å²) in [6, 6.07) is 0. The van der Waals surface area contributed by atoms with Crippen LogP contribution in [-0.2, 0) is 4.79 Å². The molecular formula is C4H5BrN2O2. The summed E-state index contributed by atoms with van der Waals surface area (Å²) >= 11 is 3.01. The van der Waals surface area contributed by atoms with Crippen LogP contribution in [0.2, 0.25) is 0 Å². The second kappa shape index (κ2) is 2.45. The number of aliphatic imine (C=N–C) groups is 1. The van der Waals surface area contributed by atoms with Crippen molar-refractivity contribution in [2.45, 2.75) is 11.2 Å². The Morgan fingerprint density at radius 2 is 2.56 bits per heavy atom. The minimum absolute atomic E-state index is 0.266. The van der Waals surface area contributed by atoms with Crippen molar-refractivity contribution in [3.63, 3.8) is 0 Å². The van der Waals surface area contributed by atoms with Crippen molar-refractivity contribution in [1.29, 1.82) is 0 Å². The molecule has 2 unspecified atom stereocenters. The van der Waals surface area contributed by atoms with Gasteiger partial charge in [-0.3, -0.25) is 4.79 Å². The smallest absolute Gasteiger partial charge is 0.242 e. The molecule has 50 valence electrons. The number of rotatable bonds is 0. The maximum atomic E-state index is 10.6. The number of hydrogen-bond acceptors (Lipinski definition) is 3. The highest BCUT2D eigenvalue weighted by Gasteiger charge is 2.19. The van der Waals surface area contributed by atoms with Crippen LogP contribution in [0, 0.1) is 0 Å². The highest BCUT2D eigenvalue weighted by Crippen LogP contribution is 2.01. The van der Waals surface area contributed by atoms with E-state index in [2.05, 4.69) is 26.2 Å². The number of nitrogens with zero attached hydrogens (tertiary/aromatic N) is 1. The number of amides is 1. The molecule has 2 N–H and O–H groups in total. The van der Waals surface area contributed by atoms with Gasteiger partial charge >= 0.3 is 0 Å². The van der Waals surface area contributed by atoms with Crippen molar-refractivity contribution in [3.05, 3.63) is 0 Å². The van der Waals surface area contributed by atoms with Gasteiger partial charge in [0.15, 0.2) is 0 Å². The van der Waals surface area contributed by atoms with Gasteiger partial charge in [-0.2, -0.15) is 0 Å².